The number of benzene rings is 1. The number of hydrogen-bond donors (Lipinski definition) is 1. The van der Waals surface area contributed by atoms with Crippen molar-refractivity contribution in [1.82, 2.24) is 20.3 Å². The molecule has 0 aliphatic carbocycles. The van der Waals surface area contributed by atoms with Gasteiger partial charge in [-0.25, -0.2) is 9.07 Å². The summed E-state index contributed by atoms with van der Waals surface area (Å²) in [6, 6.07) is 5.12. The van der Waals surface area contributed by atoms with E-state index in [0.717, 1.165) is 11.3 Å². The van der Waals surface area contributed by atoms with Gasteiger partial charge >= 0.3 is 0 Å². The Morgan fingerprint density at radius 3 is 2.76 bits per heavy atom. The van der Waals surface area contributed by atoms with E-state index in [2.05, 4.69) is 31.6 Å². The van der Waals surface area contributed by atoms with Gasteiger partial charge in [-0.3, -0.25) is 0 Å². The molecule has 0 aliphatic rings. The normalized spacial score (nSPS) is 10.8. The predicted molar refractivity (Wildman–Crippen MR) is 66.9 cm³/mol. The summed E-state index contributed by atoms with van der Waals surface area (Å²) in [5.74, 6) is -0.232. The smallest absolute Gasteiger partial charge is 0.156 e. The molecule has 4 nitrogen and oxygen atoms in total. The van der Waals surface area contributed by atoms with Crippen molar-refractivity contribution in [3.05, 3.63) is 34.2 Å². The Hall–Kier alpha value is -1.27. The first-order valence-electron chi connectivity index (χ1n) is 5.12. The molecule has 90 valence electrons. The van der Waals surface area contributed by atoms with E-state index in [4.69, 9.17) is 0 Å². The highest BCUT2D eigenvalue weighted by Gasteiger charge is 2.12. The molecule has 0 amide bonds. The zero-order valence-electron chi connectivity index (χ0n) is 9.54. The van der Waals surface area contributed by atoms with Crippen molar-refractivity contribution in [2.24, 2.45) is 7.05 Å². The van der Waals surface area contributed by atoms with Gasteiger partial charge < -0.3 is 5.32 Å². The molecule has 1 aromatic carbocycles. The van der Waals surface area contributed by atoms with Crippen LogP contribution in [0.1, 0.15) is 5.56 Å². The van der Waals surface area contributed by atoms with Crippen LogP contribution in [0.3, 0.4) is 0 Å². The van der Waals surface area contributed by atoms with Crippen LogP contribution in [0, 0.1) is 5.82 Å². The number of aromatic nitrogens is 3. The summed E-state index contributed by atoms with van der Waals surface area (Å²) in [5.41, 5.74) is 2.16. The third kappa shape index (κ3) is 2.37. The summed E-state index contributed by atoms with van der Waals surface area (Å²) in [6.45, 7) is 0.511. The average molecular weight is 299 g/mol. The summed E-state index contributed by atoms with van der Waals surface area (Å²) < 4.78 is 16.0. The number of hydrogen-bond acceptors (Lipinski definition) is 3. The van der Waals surface area contributed by atoms with Crippen LogP contribution in [0.15, 0.2) is 22.8 Å². The number of halogens is 2. The SMILES string of the molecule is CNCc1ccc(-c2c(Br)nnn2C)cc1F. The molecule has 1 N–H and O–H groups in total. The molecule has 0 radical (unpaired) electrons. The number of rotatable bonds is 3. The largest absolute Gasteiger partial charge is 0.316 e. The van der Waals surface area contributed by atoms with Gasteiger partial charge in [0, 0.05) is 24.7 Å². The standard InChI is InChI=1S/C11H12BrFN4/c1-14-6-8-4-3-7(5-9(8)13)10-11(12)15-16-17(10)2/h3-5,14H,6H2,1-2H3. The molecular formula is C11H12BrFN4. The Balaban J connectivity index is 2.45. The summed E-state index contributed by atoms with van der Waals surface area (Å²) in [5, 5.41) is 10.7. The maximum atomic E-state index is 13.8. The molecule has 0 aliphatic heterocycles. The van der Waals surface area contributed by atoms with Crippen molar-refractivity contribution in [2.45, 2.75) is 6.54 Å². The molecule has 2 rings (SSSR count). The molecule has 0 saturated heterocycles. The third-order valence-electron chi connectivity index (χ3n) is 2.48. The molecule has 0 atom stereocenters. The van der Waals surface area contributed by atoms with Gasteiger partial charge in [-0.15, -0.1) is 5.10 Å². The van der Waals surface area contributed by atoms with Crippen molar-refractivity contribution in [2.75, 3.05) is 7.05 Å². The van der Waals surface area contributed by atoms with E-state index in [0.29, 0.717) is 16.7 Å². The Morgan fingerprint density at radius 1 is 1.47 bits per heavy atom. The van der Waals surface area contributed by atoms with Crippen molar-refractivity contribution in [1.29, 1.82) is 0 Å². The molecule has 0 saturated carbocycles. The Kier molecular flexibility index (Phi) is 3.54. The lowest BCUT2D eigenvalue weighted by atomic mass is 10.1. The molecule has 0 bridgehead atoms. The van der Waals surface area contributed by atoms with Crippen LogP contribution in [0.5, 0.6) is 0 Å². The van der Waals surface area contributed by atoms with Crippen LogP contribution < -0.4 is 5.32 Å². The molecule has 0 unspecified atom stereocenters. The second-order valence-corrected chi connectivity index (χ2v) is 4.44. The van der Waals surface area contributed by atoms with Gasteiger partial charge in [0.15, 0.2) is 4.60 Å². The molecule has 6 heteroatoms. The second kappa shape index (κ2) is 4.93. The highest BCUT2D eigenvalue weighted by molar-refractivity contribution is 9.10. The van der Waals surface area contributed by atoms with Gasteiger partial charge in [-0.05, 0) is 29.0 Å². The molecule has 0 spiro atoms. The molecule has 0 fully saturated rings. The van der Waals surface area contributed by atoms with Gasteiger partial charge in [0.1, 0.15) is 11.5 Å². The van der Waals surface area contributed by atoms with E-state index in [9.17, 15) is 4.39 Å². The van der Waals surface area contributed by atoms with Gasteiger partial charge in [-0.2, -0.15) is 0 Å². The summed E-state index contributed by atoms with van der Waals surface area (Å²) >= 11 is 3.30. The topological polar surface area (TPSA) is 42.7 Å². The lowest BCUT2D eigenvalue weighted by molar-refractivity contribution is 0.601. The zero-order valence-corrected chi connectivity index (χ0v) is 11.1. The second-order valence-electron chi connectivity index (χ2n) is 3.69. The Morgan fingerprint density at radius 2 is 2.24 bits per heavy atom. The van der Waals surface area contributed by atoms with E-state index in [1.807, 2.05) is 6.07 Å². The average Bonchev–Trinajstić information content (AvgIpc) is 2.62. The van der Waals surface area contributed by atoms with Crippen LogP contribution in [0.4, 0.5) is 4.39 Å². The fourth-order valence-electron chi connectivity index (χ4n) is 1.67. The minimum Gasteiger partial charge on any atom is -0.316 e. The minimum absolute atomic E-state index is 0.232. The van der Waals surface area contributed by atoms with E-state index in [-0.39, 0.29) is 5.82 Å². The molecular weight excluding hydrogens is 287 g/mol. The van der Waals surface area contributed by atoms with Gasteiger partial charge in [0.05, 0.1) is 0 Å². The van der Waals surface area contributed by atoms with E-state index in [1.165, 1.54) is 6.07 Å². The minimum atomic E-state index is -0.232. The van der Waals surface area contributed by atoms with Gasteiger partial charge in [0.25, 0.3) is 0 Å². The Bertz CT molecular complexity index is 519. The molecule has 2 aromatic rings. The van der Waals surface area contributed by atoms with Crippen LogP contribution in [0.2, 0.25) is 0 Å². The van der Waals surface area contributed by atoms with Crippen molar-refractivity contribution in [3.8, 4) is 11.3 Å². The van der Waals surface area contributed by atoms with Crippen LogP contribution in [-0.4, -0.2) is 22.0 Å². The fourth-order valence-corrected chi connectivity index (χ4v) is 2.22. The predicted octanol–water partition coefficient (Wildman–Crippen LogP) is 2.10. The quantitative estimate of drug-likeness (QED) is 0.944. The first-order chi connectivity index (χ1) is 8.13. The summed E-state index contributed by atoms with van der Waals surface area (Å²) in [7, 11) is 3.56. The van der Waals surface area contributed by atoms with Crippen molar-refractivity contribution in [3.63, 3.8) is 0 Å². The summed E-state index contributed by atoms with van der Waals surface area (Å²) in [6.07, 6.45) is 0. The van der Waals surface area contributed by atoms with E-state index >= 15 is 0 Å². The van der Waals surface area contributed by atoms with Gasteiger partial charge in [0.2, 0.25) is 0 Å². The third-order valence-corrected chi connectivity index (χ3v) is 3.01. The lowest BCUT2D eigenvalue weighted by Crippen LogP contribution is -2.07. The van der Waals surface area contributed by atoms with Crippen LogP contribution in [-0.2, 0) is 13.6 Å². The van der Waals surface area contributed by atoms with Crippen molar-refractivity contribution < 1.29 is 4.39 Å². The van der Waals surface area contributed by atoms with E-state index in [1.54, 1.807) is 24.8 Å². The zero-order chi connectivity index (χ0) is 12.4. The van der Waals surface area contributed by atoms with E-state index < -0.39 is 0 Å². The number of nitrogens with one attached hydrogen (secondary N) is 1. The Labute approximate surface area is 107 Å². The monoisotopic (exact) mass is 298 g/mol. The van der Waals surface area contributed by atoms with Gasteiger partial charge in [-0.1, -0.05) is 17.3 Å². The first kappa shape index (κ1) is 12.2. The fraction of sp³-hybridized carbons (Fsp3) is 0.273. The van der Waals surface area contributed by atoms with Crippen molar-refractivity contribution >= 4 is 15.9 Å². The highest BCUT2D eigenvalue weighted by Crippen LogP contribution is 2.26. The first-order valence-corrected chi connectivity index (χ1v) is 5.91. The molecule has 1 heterocycles. The molecule has 1 aromatic heterocycles. The lowest BCUT2D eigenvalue weighted by Gasteiger charge is -2.06. The maximum Gasteiger partial charge on any atom is 0.156 e. The maximum absolute atomic E-state index is 13.8. The number of nitrogens with zero attached hydrogens (tertiary/aromatic N) is 3. The van der Waals surface area contributed by atoms with Crippen LogP contribution >= 0.6 is 15.9 Å². The highest BCUT2D eigenvalue weighted by atomic mass is 79.9. The summed E-state index contributed by atoms with van der Waals surface area (Å²) in [4.78, 5) is 0. The number of aryl methyl sites for hydroxylation is 1. The van der Waals surface area contributed by atoms with Crippen LogP contribution in [0.25, 0.3) is 11.3 Å². The molecule has 17 heavy (non-hydrogen) atoms.